The number of fused-ring (bicyclic) bond motifs is 1. The summed E-state index contributed by atoms with van der Waals surface area (Å²) in [6.45, 7) is 5.12. The van der Waals surface area contributed by atoms with Crippen molar-refractivity contribution in [2.45, 2.75) is 51.2 Å². The van der Waals surface area contributed by atoms with E-state index in [0.29, 0.717) is 31.5 Å². The Kier molecular flexibility index (Phi) is 6.10. The monoisotopic (exact) mass is 552 g/mol. The molecule has 1 aliphatic carbocycles. The first-order valence-electron chi connectivity index (χ1n) is 10.8. The summed E-state index contributed by atoms with van der Waals surface area (Å²) in [7, 11) is 0. The van der Waals surface area contributed by atoms with Gasteiger partial charge in [0, 0.05) is 27.4 Å². The van der Waals surface area contributed by atoms with Gasteiger partial charge >= 0.3 is 0 Å². The van der Waals surface area contributed by atoms with Gasteiger partial charge in [-0.2, -0.15) is 5.48 Å². The van der Waals surface area contributed by atoms with E-state index in [2.05, 4.69) is 42.9 Å². The Morgan fingerprint density at radius 3 is 2.88 bits per heavy atom. The van der Waals surface area contributed by atoms with Crippen molar-refractivity contribution in [3.8, 4) is 0 Å². The third-order valence-corrected chi connectivity index (χ3v) is 6.36. The second kappa shape index (κ2) is 8.86. The minimum atomic E-state index is -0.575. The highest BCUT2D eigenvalue weighted by molar-refractivity contribution is 14.1. The third-order valence-electron chi connectivity index (χ3n) is 5.69. The Labute approximate surface area is 199 Å². The molecule has 2 fully saturated rings. The Morgan fingerprint density at radius 2 is 2.16 bits per heavy atom. The van der Waals surface area contributed by atoms with Crippen LogP contribution in [0.1, 0.15) is 38.4 Å². The smallest absolute Gasteiger partial charge is 0.163 e. The summed E-state index contributed by atoms with van der Waals surface area (Å²) in [5.74, 6) is -0.863. The van der Waals surface area contributed by atoms with Crippen LogP contribution >= 0.6 is 22.6 Å². The van der Waals surface area contributed by atoms with Gasteiger partial charge in [0.25, 0.3) is 0 Å². The third kappa shape index (κ3) is 4.62. The molecular weight excluding hydrogens is 526 g/mol. The SMILES string of the molecule is CC1(C)OCC(CONCc2c(Nc3ccc(I)cc3F)c3cnccc3n2C2CC2)O1. The van der Waals surface area contributed by atoms with Crippen LogP contribution in [0.15, 0.2) is 36.7 Å². The minimum absolute atomic E-state index is 0.116. The highest BCUT2D eigenvalue weighted by Gasteiger charge is 2.33. The van der Waals surface area contributed by atoms with E-state index in [1.165, 1.54) is 6.07 Å². The molecule has 1 aliphatic heterocycles. The second-order valence-electron chi connectivity index (χ2n) is 8.65. The van der Waals surface area contributed by atoms with Crippen LogP contribution in [-0.2, 0) is 20.9 Å². The van der Waals surface area contributed by atoms with Gasteiger partial charge in [-0.1, -0.05) is 0 Å². The van der Waals surface area contributed by atoms with Gasteiger partial charge in [0.1, 0.15) is 11.9 Å². The largest absolute Gasteiger partial charge is 0.351 e. The molecule has 0 spiro atoms. The number of halogens is 2. The van der Waals surface area contributed by atoms with Crippen LogP contribution in [0.5, 0.6) is 0 Å². The number of pyridine rings is 1. The molecule has 3 aromatic rings. The lowest BCUT2D eigenvalue weighted by Crippen LogP contribution is -2.27. The van der Waals surface area contributed by atoms with Gasteiger partial charge in [0.05, 0.1) is 42.3 Å². The van der Waals surface area contributed by atoms with Gasteiger partial charge in [0.15, 0.2) is 5.79 Å². The summed E-state index contributed by atoms with van der Waals surface area (Å²) >= 11 is 2.11. The first-order valence-corrected chi connectivity index (χ1v) is 11.8. The van der Waals surface area contributed by atoms with Crippen LogP contribution in [0.4, 0.5) is 15.8 Å². The lowest BCUT2D eigenvalue weighted by atomic mass is 10.2. The average molecular weight is 552 g/mol. The molecular formula is C23H26FIN4O3. The normalized spacial score (nSPS) is 20.2. The fourth-order valence-electron chi connectivity index (χ4n) is 4.12. The number of nitrogens with one attached hydrogen (secondary N) is 2. The van der Waals surface area contributed by atoms with E-state index in [-0.39, 0.29) is 11.9 Å². The maximum absolute atomic E-state index is 14.6. The molecule has 2 aromatic heterocycles. The van der Waals surface area contributed by atoms with Crippen molar-refractivity contribution in [3.63, 3.8) is 0 Å². The molecule has 1 atom stereocenters. The van der Waals surface area contributed by atoms with E-state index in [0.717, 1.165) is 38.7 Å². The Balaban J connectivity index is 1.40. The van der Waals surface area contributed by atoms with Gasteiger partial charge in [-0.25, -0.2) is 4.39 Å². The number of anilines is 2. The summed E-state index contributed by atoms with van der Waals surface area (Å²) in [4.78, 5) is 10.0. The summed E-state index contributed by atoms with van der Waals surface area (Å²) in [5, 5.41) is 4.29. The molecule has 1 aromatic carbocycles. The van der Waals surface area contributed by atoms with Gasteiger partial charge in [-0.05, 0) is 73.5 Å². The van der Waals surface area contributed by atoms with Crippen LogP contribution in [0, 0.1) is 9.39 Å². The van der Waals surface area contributed by atoms with Crippen LogP contribution < -0.4 is 10.8 Å². The number of aromatic nitrogens is 2. The molecule has 0 amide bonds. The van der Waals surface area contributed by atoms with Gasteiger partial charge < -0.3 is 19.4 Å². The number of hydrogen-bond donors (Lipinski definition) is 2. The standard InChI is InChI=1S/C23H26FIN4O3/c1-23(2)30-12-16(32-23)13-31-27-11-21-22(28-19-6-3-14(25)9-18(19)24)17-10-26-8-7-20(17)29(21)15-4-5-15/h3,6-10,15-16,27-28H,4-5,11-13H2,1-2H3. The first kappa shape index (κ1) is 22.0. The summed E-state index contributed by atoms with van der Waals surface area (Å²) in [6, 6.07) is 7.62. The first-order chi connectivity index (χ1) is 15.4. The number of hydroxylamine groups is 1. The van der Waals surface area contributed by atoms with Crippen LogP contribution in [0.25, 0.3) is 10.9 Å². The fraction of sp³-hybridized carbons (Fsp3) is 0.435. The molecule has 1 unspecified atom stereocenters. The number of rotatable bonds is 8. The summed E-state index contributed by atoms with van der Waals surface area (Å²) < 4.78 is 29.2. The van der Waals surface area contributed by atoms with E-state index < -0.39 is 5.79 Å². The molecule has 3 heterocycles. The zero-order chi connectivity index (χ0) is 22.3. The van der Waals surface area contributed by atoms with Gasteiger partial charge in [-0.3, -0.25) is 9.82 Å². The van der Waals surface area contributed by atoms with E-state index in [9.17, 15) is 4.39 Å². The van der Waals surface area contributed by atoms with Crippen LogP contribution in [0.2, 0.25) is 0 Å². The molecule has 9 heteroatoms. The highest BCUT2D eigenvalue weighted by Crippen LogP contribution is 2.44. The van der Waals surface area contributed by atoms with E-state index in [4.69, 9.17) is 14.3 Å². The van der Waals surface area contributed by atoms with Crippen molar-refractivity contribution in [2.24, 2.45) is 0 Å². The van der Waals surface area contributed by atoms with E-state index >= 15 is 0 Å². The molecule has 0 bridgehead atoms. The molecule has 5 rings (SSSR count). The van der Waals surface area contributed by atoms with Crippen LogP contribution in [-0.4, -0.2) is 34.7 Å². The zero-order valence-electron chi connectivity index (χ0n) is 18.0. The van der Waals surface area contributed by atoms with E-state index in [1.54, 1.807) is 12.3 Å². The predicted molar refractivity (Wildman–Crippen MR) is 128 cm³/mol. The summed E-state index contributed by atoms with van der Waals surface area (Å²) in [6.07, 6.45) is 5.76. The molecule has 1 saturated heterocycles. The minimum Gasteiger partial charge on any atom is -0.351 e. The van der Waals surface area contributed by atoms with Crippen molar-refractivity contribution in [2.75, 3.05) is 18.5 Å². The molecule has 0 radical (unpaired) electrons. The van der Waals surface area contributed by atoms with Crippen molar-refractivity contribution in [3.05, 3.63) is 51.7 Å². The van der Waals surface area contributed by atoms with Crippen molar-refractivity contribution in [1.82, 2.24) is 15.0 Å². The number of ether oxygens (including phenoxy) is 2. The summed E-state index contributed by atoms with van der Waals surface area (Å²) in [5.41, 5.74) is 6.46. The maximum Gasteiger partial charge on any atom is 0.163 e. The van der Waals surface area contributed by atoms with Crippen LogP contribution in [0.3, 0.4) is 0 Å². The number of benzene rings is 1. The molecule has 32 heavy (non-hydrogen) atoms. The average Bonchev–Trinajstić information content (AvgIpc) is 3.46. The Bertz CT molecular complexity index is 1130. The molecule has 170 valence electrons. The Hall–Kier alpha value is -1.79. The quantitative estimate of drug-likeness (QED) is 0.232. The lowest BCUT2D eigenvalue weighted by Gasteiger charge is -2.17. The molecule has 1 saturated carbocycles. The van der Waals surface area contributed by atoms with Gasteiger partial charge in [0.2, 0.25) is 0 Å². The topological polar surface area (TPSA) is 69.6 Å². The van der Waals surface area contributed by atoms with Crippen molar-refractivity contribution < 1.29 is 18.7 Å². The lowest BCUT2D eigenvalue weighted by molar-refractivity contribution is -0.149. The second-order valence-corrected chi connectivity index (χ2v) is 9.89. The van der Waals surface area contributed by atoms with E-state index in [1.807, 2.05) is 32.2 Å². The number of hydrogen-bond acceptors (Lipinski definition) is 6. The Morgan fingerprint density at radius 1 is 1.31 bits per heavy atom. The molecule has 7 nitrogen and oxygen atoms in total. The molecule has 2 N–H and O–H groups in total. The molecule has 2 aliphatic rings. The highest BCUT2D eigenvalue weighted by atomic mass is 127. The number of nitrogens with zero attached hydrogens (tertiary/aromatic N) is 2. The van der Waals surface area contributed by atoms with Crippen molar-refractivity contribution >= 4 is 44.9 Å². The van der Waals surface area contributed by atoms with Gasteiger partial charge in [-0.15, -0.1) is 0 Å². The predicted octanol–water partition coefficient (Wildman–Crippen LogP) is 5.03. The zero-order valence-corrected chi connectivity index (χ0v) is 20.2. The fourth-order valence-corrected chi connectivity index (χ4v) is 4.57. The van der Waals surface area contributed by atoms with Crippen molar-refractivity contribution in [1.29, 1.82) is 0 Å². The maximum atomic E-state index is 14.6.